The minimum atomic E-state index is -1.44. The number of rotatable bonds is 9. The van der Waals surface area contributed by atoms with Crippen molar-refractivity contribution in [2.45, 2.75) is 50.0 Å². The lowest BCUT2D eigenvalue weighted by atomic mass is 10.1. The number of imidazole rings is 1. The van der Waals surface area contributed by atoms with Crippen LogP contribution in [0.3, 0.4) is 0 Å². The van der Waals surface area contributed by atoms with Gasteiger partial charge in [0.05, 0.1) is 26.1 Å². The van der Waals surface area contributed by atoms with Gasteiger partial charge in [0.2, 0.25) is 5.82 Å². The smallest absolute Gasteiger partial charge is 0.318 e. The Morgan fingerprint density at radius 3 is 2.76 bits per heavy atom. The second kappa shape index (κ2) is 12.5. The summed E-state index contributed by atoms with van der Waals surface area (Å²) >= 11 is 0. The molecule has 2 aromatic heterocycles. The highest BCUT2D eigenvalue weighted by Gasteiger charge is 2.48. The van der Waals surface area contributed by atoms with Crippen LogP contribution < -0.4 is 16.4 Å². The number of carbonyl (C=O) groups is 2. The number of nitrogens with one attached hydrogen (secondary N) is 2. The molecular weight excluding hydrogens is 532 g/mol. The summed E-state index contributed by atoms with van der Waals surface area (Å²) < 4.78 is 12.7. The fourth-order valence-corrected chi connectivity index (χ4v) is 4.24. The van der Waals surface area contributed by atoms with Gasteiger partial charge in [-0.05, 0) is 24.3 Å². The van der Waals surface area contributed by atoms with Crippen LogP contribution in [0.25, 0.3) is 11.2 Å². The molecule has 216 valence electrons. The first-order valence-corrected chi connectivity index (χ1v) is 13.2. The lowest BCUT2D eigenvalue weighted by molar-refractivity contribution is -0.137. The maximum atomic E-state index is 12.5. The first kappa shape index (κ1) is 28.2. The summed E-state index contributed by atoms with van der Waals surface area (Å²) in [5.41, 5.74) is 7.58. The van der Waals surface area contributed by atoms with E-state index in [9.17, 15) is 19.8 Å². The van der Waals surface area contributed by atoms with E-state index < -0.39 is 30.4 Å². The van der Waals surface area contributed by atoms with Gasteiger partial charge in [-0.15, -0.1) is 0 Å². The summed E-state index contributed by atoms with van der Waals surface area (Å²) in [7, 11) is 1.60. The monoisotopic (exact) mass is 564 g/mol. The van der Waals surface area contributed by atoms with Crippen molar-refractivity contribution in [3.05, 3.63) is 48.0 Å². The molecule has 14 heteroatoms. The number of amides is 3. The third kappa shape index (κ3) is 6.72. The van der Waals surface area contributed by atoms with Gasteiger partial charge >= 0.3 is 6.03 Å². The fraction of sp³-hybridized carbons (Fsp3) is 0.444. The zero-order valence-electron chi connectivity index (χ0n) is 22.4. The van der Waals surface area contributed by atoms with Crippen molar-refractivity contribution in [1.82, 2.24) is 35.1 Å². The van der Waals surface area contributed by atoms with Gasteiger partial charge in [-0.1, -0.05) is 36.3 Å². The van der Waals surface area contributed by atoms with E-state index in [0.717, 1.165) is 18.4 Å². The van der Waals surface area contributed by atoms with Gasteiger partial charge in [0.15, 0.2) is 23.8 Å². The zero-order valence-corrected chi connectivity index (χ0v) is 22.4. The molecule has 1 saturated carbocycles. The minimum Gasteiger partial charge on any atom is -0.387 e. The lowest BCUT2D eigenvalue weighted by Gasteiger charge is -2.16. The first-order valence-electron chi connectivity index (χ1n) is 13.2. The van der Waals surface area contributed by atoms with Gasteiger partial charge in [-0.25, -0.2) is 19.7 Å². The number of benzene rings is 1. The number of fused-ring (bicyclic) bond motifs is 1. The predicted molar refractivity (Wildman–Crippen MR) is 146 cm³/mol. The van der Waals surface area contributed by atoms with Crippen LogP contribution in [-0.4, -0.2) is 97.7 Å². The Labute approximate surface area is 235 Å². The van der Waals surface area contributed by atoms with Crippen molar-refractivity contribution in [2.75, 3.05) is 32.5 Å². The number of nitrogens with zero attached hydrogens (tertiary/aromatic N) is 5. The molecule has 0 unspecified atom stereocenters. The van der Waals surface area contributed by atoms with Crippen LogP contribution in [-0.2, 0) is 20.9 Å². The number of aliphatic hydroxyl groups is 2. The van der Waals surface area contributed by atoms with Crippen molar-refractivity contribution in [3.63, 3.8) is 0 Å². The van der Waals surface area contributed by atoms with Crippen molar-refractivity contribution in [3.8, 4) is 11.8 Å². The van der Waals surface area contributed by atoms with Crippen molar-refractivity contribution >= 4 is 28.9 Å². The topological polar surface area (TPSA) is 190 Å². The van der Waals surface area contributed by atoms with Crippen LogP contribution in [0.4, 0.5) is 10.6 Å². The average molecular weight is 565 g/mol. The van der Waals surface area contributed by atoms with E-state index in [1.165, 1.54) is 15.8 Å². The quantitative estimate of drug-likeness (QED) is 0.168. The number of urea groups is 1. The molecule has 41 heavy (non-hydrogen) atoms. The summed E-state index contributed by atoms with van der Waals surface area (Å²) in [6.07, 6.45) is -2.14. The number of hydrogen-bond acceptors (Lipinski definition) is 10. The Kier molecular flexibility index (Phi) is 8.60. The summed E-state index contributed by atoms with van der Waals surface area (Å²) in [4.78, 5) is 39.0. The molecule has 6 N–H and O–H groups in total. The summed E-state index contributed by atoms with van der Waals surface area (Å²) in [6, 6.07) is 9.51. The van der Waals surface area contributed by atoms with Crippen LogP contribution in [0, 0.1) is 11.8 Å². The van der Waals surface area contributed by atoms with Crippen molar-refractivity contribution in [2.24, 2.45) is 0 Å². The van der Waals surface area contributed by atoms with Gasteiger partial charge in [-0.3, -0.25) is 9.36 Å². The Morgan fingerprint density at radius 2 is 2.00 bits per heavy atom. The molecule has 2 fully saturated rings. The van der Waals surface area contributed by atoms with E-state index in [1.807, 2.05) is 30.3 Å². The molecule has 0 spiro atoms. The van der Waals surface area contributed by atoms with E-state index in [2.05, 4.69) is 37.4 Å². The van der Waals surface area contributed by atoms with Crippen LogP contribution >= 0.6 is 0 Å². The molecule has 0 radical (unpaired) electrons. The van der Waals surface area contributed by atoms with Gasteiger partial charge < -0.3 is 41.0 Å². The Bertz CT molecular complexity index is 1450. The van der Waals surface area contributed by atoms with Crippen LogP contribution in [0.5, 0.6) is 0 Å². The molecule has 1 saturated heterocycles. The molecule has 3 heterocycles. The highest BCUT2D eigenvalue weighted by molar-refractivity contribution is 5.83. The predicted octanol–water partition coefficient (Wildman–Crippen LogP) is -0.484. The Balaban J connectivity index is 1.17. The van der Waals surface area contributed by atoms with E-state index in [0.29, 0.717) is 19.8 Å². The van der Waals surface area contributed by atoms with Crippen molar-refractivity contribution in [1.29, 1.82) is 0 Å². The first-order chi connectivity index (χ1) is 19.8. The number of aromatic nitrogens is 4. The third-order valence-corrected chi connectivity index (χ3v) is 6.64. The number of ether oxygens (including phenoxy) is 2. The van der Waals surface area contributed by atoms with E-state index in [-0.39, 0.29) is 41.4 Å². The van der Waals surface area contributed by atoms with Crippen LogP contribution in [0.2, 0.25) is 0 Å². The maximum absolute atomic E-state index is 12.5. The summed E-state index contributed by atoms with van der Waals surface area (Å²) in [6.45, 7) is 1.26. The molecule has 2 aliphatic rings. The second-order valence-corrected chi connectivity index (χ2v) is 9.90. The SMILES string of the molecule is CN(CC#Cc1nc(N)c2ncn([C@@H]3O[C@H](C(=O)NC4CC4)[C@H](O)[C@@H]3O)c2n1)C(=O)NCCOCc1ccccc1. The number of nitrogen functional groups attached to an aromatic ring is 1. The largest absolute Gasteiger partial charge is 0.387 e. The standard InChI is InChI=1S/C27H32N8O6/c1-34(27(39)29-11-13-40-14-16-6-3-2-4-7-16)12-5-8-18-32-23(28)19-24(33-18)35(15-30-19)26-21(37)20(36)22(41-26)25(38)31-17-9-10-17/h2-4,6-7,15,17,20-22,26,36-37H,9-14H2,1H3,(H,29,39)(H,31,38)(H2,28,32,33)/t20-,21+,22+,26-/m1/s1. The number of anilines is 1. The normalized spacial score (nSPS) is 21.7. The molecule has 3 aromatic rings. The van der Waals surface area contributed by atoms with Gasteiger partial charge in [-0.2, -0.15) is 0 Å². The van der Waals surface area contributed by atoms with Crippen molar-refractivity contribution < 1.29 is 29.3 Å². The number of aliphatic hydroxyl groups excluding tert-OH is 2. The highest BCUT2D eigenvalue weighted by atomic mass is 16.6. The summed E-state index contributed by atoms with van der Waals surface area (Å²) in [5, 5.41) is 26.6. The van der Waals surface area contributed by atoms with Crippen LogP contribution in [0.1, 0.15) is 30.5 Å². The molecular formula is C27H32N8O6. The molecule has 5 rings (SSSR count). The van der Waals surface area contributed by atoms with Gasteiger partial charge in [0.25, 0.3) is 5.91 Å². The fourth-order valence-electron chi connectivity index (χ4n) is 4.24. The molecule has 1 aliphatic carbocycles. The number of nitrogens with two attached hydrogens (primary N) is 1. The number of hydrogen-bond donors (Lipinski definition) is 5. The third-order valence-electron chi connectivity index (χ3n) is 6.64. The molecule has 14 nitrogen and oxygen atoms in total. The van der Waals surface area contributed by atoms with Gasteiger partial charge in [0, 0.05) is 19.6 Å². The zero-order chi connectivity index (χ0) is 28.9. The van der Waals surface area contributed by atoms with Gasteiger partial charge in [0.1, 0.15) is 17.7 Å². The Morgan fingerprint density at radius 1 is 1.22 bits per heavy atom. The molecule has 1 aliphatic heterocycles. The van der Waals surface area contributed by atoms with E-state index >= 15 is 0 Å². The second-order valence-electron chi connectivity index (χ2n) is 9.90. The number of carbonyl (C=O) groups excluding carboxylic acids is 2. The van der Waals surface area contributed by atoms with E-state index in [1.54, 1.807) is 7.05 Å². The molecule has 4 atom stereocenters. The summed E-state index contributed by atoms with van der Waals surface area (Å²) in [5.74, 6) is 5.26. The van der Waals surface area contributed by atoms with E-state index in [4.69, 9.17) is 15.2 Å². The minimum absolute atomic E-state index is 0.0516. The highest BCUT2D eigenvalue weighted by Crippen LogP contribution is 2.33. The Hall–Kier alpha value is -4.29. The average Bonchev–Trinajstić information content (AvgIpc) is 3.60. The lowest BCUT2D eigenvalue weighted by Crippen LogP contribution is -2.43. The maximum Gasteiger partial charge on any atom is 0.318 e. The van der Waals surface area contributed by atoms with Crippen LogP contribution in [0.15, 0.2) is 36.7 Å². The molecule has 1 aromatic carbocycles. The molecule has 0 bridgehead atoms. The molecule has 3 amide bonds.